The fourth-order valence-electron chi connectivity index (χ4n) is 5.84. The number of benzene rings is 2. The minimum absolute atomic E-state index is 0.0583. The van der Waals surface area contributed by atoms with Gasteiger partial charge >= 0.3 is 12.1 Å². The first-order chi connectivity index (χ1) is 16.8. The van der Waals surface area contributed by atoms with E-state index in [-0.39, 0.29) is 36.3 Å². The Labute approximate surface area is 205 Å². The van der Waals surface area contributed by atoms with Crippen molar-refractivity contribution >= 4 is 18.0 Å². The summed E-state index contributed by atoms with van der Waals surface area (Å²) in [5, 5.41) is 12.4. The number of ether oxygens (including phenoxy) is 1. The maximum absolute atomic E-state index is 13.4. The maximum Gasteiger partial charge on any atom is 0.407 e. The van der Waals surface area contributed by atoms with Crippen LogP contribution in [0.3, 0.4) is 0 Å². The molecule has 1 heterocycles. The first-order valence-corrected chi connectivity index (χ1v) is 12.4. The quantitative estimate of drug-likeness (QED) is 0.622. The minimum Gasteiger partial charge on any atom is -0.481 e. The molecule has 1 saturated heterocycles. The Kier molecular flexibility index (Phi) is 6.03. The molecule has 7 heteroatoms. The summed E-state index contributed by atoms with van der Waals surface area (Å²) in [7, 11) is 0. The maximum atomic E-state index is 13.4. The third-order valence-electron chi connectivity index (χ3n) is 7.79. The highest BCUT2D eigenvalue weighted by molar-refractivity contribution is 5.87. The first-order valence-electron chi connectivity index (χ1n) is 12.4. The van der Waals surface area contributed by atoms with Crippen molar-refractivity contribution in [3.8, 4) is 11.1 Å². The predicted molar refractivity (Wildman–Crippen MR) is 131 cm³/mol. The number of nitrogens with one attached hydrogen (secondary N) is 1. The van der Waals surface area contributed by atoms with Crippen LogP contribution >= 0.6 is 0 Å². The lowest BCUT2D eigenvalue weighted by Gasteiger charge is -2.25. The summed E-state index contributed by atoms with van der Waals surface area (Å²) in [6, 6.07) is 15.5. The Morgan fingerprint density at radius 2 is 1.66 bits per heavy atom. The number of carbonyl (C=O) groups excluding carboxylic acids is 2. The lowest BCUT2D eigenvalue weighted by atomic mass is 9.93. The molecule has 2 fully saturated rings. The van der Waals surface area contributed by atoms with Crippen LogP contribution in [0.5, 0.6) is 0 Å². The van der Waals surface area contributed by atoms with Gasteiger partial charge in [-0.15, -0.1) is 0 Å². The Hall–Kier alpha value is -3.35. The number of likely N-dealkylation sites (tertiary alicyclic amines) is 1. The first kappa shape index (κ1) is 23.4. The number of carboxylic acids is 1. The van der Waals surface area contributed by atoms with Gasteiger partial charge in [0.2, 0.25) is 5.91 Å². The van der Waals surface area contributed by atoms with Crippen molar-refractivity contribution in [2.24, 2.45) is 17.3 Å². The van der Waals surface area contributed by atoms with E-state index in [1.165, 1.54) is 0 Å². The summed E-state index contributed by atoms with van der Waals surface area (Å²) in [6.07, 6.45) is 1.51. The van der Waals surface area contributed by atoms with Gasteiger partial charge in [0.05, 0.1) is 5.92 Å². The van der Waals surface area contributed by atoms with Gasteiger partial charge in [-0.2, -0.15) is 0 Å². The number of hydrogen-bond donors (Lipinski definition) is 2. The minimum atomic E-state index is -0.845. The van der Waals surface area contributed by atoms with E-state index in [1.54, 1.807) is 4.90 Å². The normalized spacial score (nSPS) is 20.4. The van der Waals surface area contributed by atoms with Crippen LogP contribution in [0.15, 0.2) is 48.5 Å². The fourth-order valence-corrected chi connectivity index (χ4v) is 5.84. The van der Waals surface area contributed by atoms with Gasteiger partial charge in [-0.3, -0.25) is 9.59 Å². The molecule has 1 saturated carbocycles. The Bertz CT molecular complexity index is 1110. The second kappa shape index (κ2) is 9.02. The van der Waals surface area contributed by atoms with E-state index in [4.69, 9.17) is 4.74 Å². The van der Waals surface area contributed by atoms with Crippen molar-refractivity contribution in [1.82, 2.24) is 10.2 Å². The molecule has 3 aliphatic rings. The summed E-state index contributed by atoms with van der Waals surface area (Å²) in [5.74, 6) is -1.48. The van der Waals surface area contributed by atoms with Crippen molar-refractivity contribution in [1.29, 1.82) is 0 Å². The van der Waals surface area contributed by atoms with Crippen molar-refractivity contribution < 1.29 is 24.2 Å². The molecule has 1 spiro atoms. The molecule has 2 aromatic rings. The average Bonchev–Trinajstić information content (AvgIpc) is 3.38. The lowest BCUT2D eigenvalue weighted by molar-refractivity contribution is -0.143. The summed E-state index contributed by atoms with van der Waals surface area (Å²) in [6.45, 7) is 4.81. The molecule has 0 aromatic heterocycles. The topological polar surface area (TPSA) is 95.9 Å². The van der Waals surface area contributed by atoms with Crippen LogP contribution in [0.25, 0.3) is 11.1 Å². The standard InChI is InChI=1S/C28H32N2O5/c1-17(2)13-24(25(31)30-14-23(26(32)33)28(16-30)11-12-28)29-27(34)35-15-22-20-9-5-3-7-18(20)19-8-4-6-10-21(19)22/h3-10,17,22-24H,11-16H2,1-2H3,(H,29,34)(H,32,33). The van der Waals surface area contributed by atoms with Crippen molar-refractivity contribution in [3.63, 3.8) is 0 Å². The fraction of sp³-hybridized carbons (Fsp3) is 0.464. The second-order valence-corrected chi connectivity index (χ2v) is 10.6. The number of alkyl carbamates (subject to hydrolysis) is 1. The smallest absolute Gasteiger partial charge is 0.407 e. The molecule has 35 heavy (non-hydrogen) atoms. The number of aliphatic carboxylic acids is 1. The van der Waals surface area contributed by atoms with Gasteiger partial charge in [0.1, 0.15) is 12.6 Å². The molecule has 2 amide bonds. The summed E-state index contributed by atoms with van der Waals surface area (Å²) in [4.78, 5) is 39.5. The Morgan fingerprint density at radius 3 is 2.17 bits per heavy atom. The van der Waals surface area contributed by atoms with E-state index in [1.807, 2.05) is 38.1 Å². The number of amides is 2. The Balaban J connectivity index is 1.25. The number of hydrogen-bond acceptors (Lipinski definition) is 4. The molecular formula is C28H32N2O5. The van der Waals surface area contributed by atoms with Crippen LogP contribution in [0.4, 0.5) is 4.79 Å². The van der Waals surface area contributed by atoms with Gasteiger partial charge in [0, 0.05) is 24.4 Å². The number of carbonyl (C=O) groups is 3. The second-order valence-electron chi connectivity index (χ2n) is 10.6. The lowest BCUT2D eigenvalue weighted by Crippen LogP contribution is -2.49. The highest BCUT2D eigenvalue weighted by atomic mass is 16.5. The van der Waals surface area contributed by atoms with E-state index in [0.717, 1.165) is 35.1 Å². The third kappa shape index (κ3) is 4.40. The number of fused-ring (bicyclic) bond motifs is 3. The molecular weight excluding hydrogens is 444 g/mol. The molecule has 2 aliphatic carbocycles. The molecule has 2 atom stereocenters. The SMILES string of the molecule is CC(C)CC(NC(=O)OCC1c2ccccc2-c2ccccc21)C(=O)N1CC(C(=O)O)C2(CC2)C1. The molecule has 2 N–H and O–H groups in total. The van der Waals surface area contributed by atoms with Gasteiger partial charge in [-0.05, 0) is 47.4 Å². The third-order valence-corrected chi connectivity index (χ3v) is 7.79. The van der Waals surface area contributed by atoms with Crippen LogP contribution in [0.2, 0.25) is 0 Å². The molecule has 184 valence electrons. The van der Waals surface area contributed by atoms with E-state index in [2.05, 4.69) is 29.6 Å². The predicted octanol–water partition coefficient (Wildman–Crippen LogP) is 4.26. The van der Waals surface area contributed by atoms with E-state index >= 15 is 0 Å². The Morgan fingerprint density at radius 1 is 1.06 bits per heavy atom. The zero-order chi connectivity index (χ0) is 24.7. The molecule has 0 radical (unpaired) electrons. The zero-order valence-corrected chi connectivity index (χ0v) is 20.2. The monoisotopic (exact) mass is 476 g/mol. The van der Waals surface area contributed by atoms with Crippen LogP contribution in [-0.2, 0) is 14.3 Å². The average molecular weight is 477 g/mol. The van der Waals surface area contributed by atoms with Gasteiger partial charge in [-0.1, -0.05) is 62.4 Å². The van der Waals surface area contributed by atoms with Crippen LogP contribution in [0.1, 0.15) is 50.2 Å². The van der Waals surface area contributed by atoms with E-state index in [0.29, 0.717) is 13.0 Å². The van der Waals surface area contributed by atoms with E-state index < -0.39 is 24.0 Å². The van der Waals surface area contributed by atoms with Gasteiger partial charge < -0.3 is 20.1 Å². The number of rotatable bonds is 7. The summed E-state index contributed by atoms with van der Waals surface area (Å²) in [5.41, 5.74) is 4.28. The highest BCUT2D eigenvalue weighted by Gasteiger charge is 2.59. The molecule has 5 rings (SSSR count). The van der Waals surface area contributed by atoms with Crippen LogP contribution in [-0.4, -0.2) is 53.7 Å². The molecule has 0 bridgehead atoms. The molecule has 1 aliphatic heterocycles. The summed E-state index contributed by atoms with van der Waals surface area (Å²) >= 11 is 0. The molecule has 2 unspecified atom stereocenters. The number of carboxylic acid groups (broad SMARTS) is 1. The highest BCUT2D eigenvalue weighted by Crippen LogP contribution is 2.56. The largest absolute Gasteiger partial charge is 0.481 e. The summed E-state index contributed by atoms with van der Waals surface area (Å²) < 4.78 is 5.66. The van der Waals surface area contributed by atoms with Crippen LogP contribution in [0, 0.1) is 17.3 Å². The van der Waals surface area contributed by atoms with Crippen molar-refractivity contribution in [3.05, 3.63) is 59.7 Å². The van der Waals surface area contributed by atoms with Gasteiger partial charge in [0.15, 0.2) is 0 Å². The van der Waals surface area contributed by atoms with Gasteiger partial charge in [-0.25, -0.2) is 4.79 Å². The molecule has 2 aromatic carbocycles. The van der Waals surface area contributed by atoms with Crippen molar-refractivity contribution in [2.45, 2.75) is 45.1 Å². The van der Waals surface area contributed by atoms with Crippen molar-refractivity contribution in [2.75, 3.05) is 19.7 Å². The van der Waals surface area contributed by atoms with Crippen LogP contribution < -0.4 is 5.32 Å². The number of nitrogens with zero attached hydrogens (tertiary/aromatic N) is 1. The zero-order valence-electron chi connectivity index (χ0n) is 20.2. The molecule has 7 nitrogen and oxygen atoms in total. The van der Waals surface area contributed by atoms with Gasteiger partial charge in [0.25, 0.3) is 0 Å². The van der Waals surface area contributed by atoms with E-state index in [9.17, 15) is 19.5 Å².